The van der Waals surface area contributed by atoms with Gasteiger partial charge in [0.05, 0.1) is 17.1 Å². The highest BCUT2D eigenvalue weighted by Crippen LogP contribution is 2.39. The second-order valence-electron chi connectivity index (χ2n) is 8.26. The van der Waals surface area contributed by atoms with Gasteiger partial charge in [-0.15, -0.1) is 11.3 Å². The van der Waals surface area contributed by atoms with E-state index in [9.17, 15) is 0 Å². The van der Waals surface area contributed by atoms with E-state index in [1.807, 2.05) is 49.5 Å². The second-order valence-corrected chi connectivity index (χ2v) is 9.69. The average Bonchev–Trinajstić information content (AvgIpc) is 3.06. The summed E-state index contributed by atoms with van der Waals surface area (Å²) in [6, 6.07) is 11.5. The van der Waals surface area contributed by atoms with Gasteiger partial charge in [0.1, 0.15) is 22.4 Å². The van der Waals surface area contributed by atoms with E-state index in [1.54, 1.807) is 11.8 Å². The fourth-order valence-corrected chi connectivity index (χ4v) is 5.25. The molecule has 3 heterocycles. The first-order valence-electron chi connectivity index (χ1n) is 11.3. The first-order valence-corrected chi connectivity index (χ1v) is 12.5. The monoisotopic (exact) mass is 503 g/mol. The molecule has 2 aromatic heterocycles. The molecule has 0 saturated heterocycles. The summed E-state index contributed by atoms with van der Waals surface area (Å²) in [5, 5.41) is 27.2. The molecule has 3 N–H and O–H groups in total. The first-order chi connectivity index (χ1) is 16.9. The van der Waals surface area contributed by atoms with E-state index in [0.717, 1.165) is 57.1 Å². The molecule has 3 aromatic rings. The molecule has 0 aliphatic carbocycles. The van der Waals surface area contributed by atoms with Crippen molar-refractivity contribution in [2.24, 2.45) is 4.99 Å². The van der Waals surface area contributed by atoms with E-state index in [2.05, 4.69) is 16.8 Å². The number of aliphatic hydroxyl groups is 1. The lowest BCUT2D eigenvalue weighted by atomic mass is 9.99. The van der Waals surface area contributed by atoms with E-state index in [0.29, 0.717) is 10.7 Å². The molecule has 4 rings (SSSR count). The van der Waals surface area contributed by atoms with E-state index in [1.165, 1.54) is 11.3 Å². The Morgan fingerprint density at radius 1 is 1.17 bits per heavy atom. The van der Waals surface area contributed by atoms with Crippen molar-refractivity contribution in [1.29, 1.82) is 10.8 Å². The number of hydrogen-bond acceptors (Lipinski definition) is 6. The van der Waals surface area contributed by atoms with Gasteiger partial charge in [-0.1, -0.05) is 29.8 Å². The van der Waals surface area contributed by atoms with Gasteiger partial charge in [0.25, 0.3) is 0 Å². The van der Waals surface area contributed by atoms with Gasteiger partial charge in [-0.2, -0.15) is 0 Å². The maximum absolute atomic E-state index is 8.95. The Morgan fingerprint density at radius 2 is 1.94 bits per heavy atom. The number of benzene rings is 1. The van der Waals surface area contributed by atoms with Gasteiger partial charge >= 0.3 is 0 Å². The van der Waals surface area contributed by atoms with Gasteiger partial charge in [-0.25, -0.2) is 4.98 Å². The SMILES string of the molecule is CC(=N)N1C(=N)CN=C(c2ccc(Cl)cc2)c2c1sc(C#Cc1ccc(CCCCO)cn1)c2C. The number of halogens is 1. The predicted molar refractivity (Wildman–Crippen MR) is 145 cm³/mol. The number of pyridine rings is 1. The molecular weight excluding hydrogens is 478 g/mol. The molecule has 8 heteroatoms. The highest BCUT2D eigenvalue weighted by molar-refractivity contribution is 7.17. The van der Waals surface area contributed by atoms with Crippen LogP contribution in [0.1, 0.15) is 52.6 Å². The zero-order valence-corrected chi connectivity index (χ0v) is 21.2. The van der Waals surface area contributed by atoms with E-state index in [-0.39, 0.29) is 24.8 Å². The van der Waals surface area contributed by atoms with Gasteiger partial charge in [0.2, 0.25) is 0 Å². The smallest absolute Gasteiger partial charge is 0.129 e. The molecule has 0 radical (unpaired) electrons. The van der Waals surface area contributed by atoms with Crippen molar-refractivity contribution in [1.82, 2.24) is 4.98 Å². The van der Waals surface area contributed by atoms with Crippen LogP contribution in [0.3, 0.4) is 0 Å². The number of anilines is 1. The fraction of sp³-hybridized carbons (Fsp3) is 0.259. The number of rotatable bonds is 5. The molecule has 0 fully saturated rings. The molecule has 35 heavy (non-hydrogen) atoms. The number of nitrogens with zero attached hydrogens (tertiary/aromatic N) is 3. The molecule has 1 aliphatic rings. The third kappa shape index (κ3) is 5.51. The van der Waals surface area contributed by atoms with Crippen molar-refractivity contribution < 1.29 is 5.11 Å². The summed E-state index contributed by atoms with van der Waals surface area (Å²) in [6.45, 7) is 4.08. The van der Waals surface area contributed by atoms with E-state index >= 15 is 0 Å². The minimum absolute atomic E-state index is 0.185. The number of amidine groups is 2. The maximum Gasteiger partial charge on any atom is 0.129 e. The molecule has 1 aromatic carbocycles. The van der Waals surface area contributed by atoms with Crippen molar-refractivity contribution in [2.45, 2.75) is 33.1 Å². The summed E-state index contributed by atoms with van der Waals surface area (Å²) >= 11 is 7.57. The van der Waals surface area contributed by atoms with Gasteiger partial charge in [0, 0.05) is 29.0 Å². The van der Waals surface area contributed by atoms with Crippen LogP contribution in [0.15, 0.2) is 47.6 Å². The summed E-state index contributed by atoms with van der Waals surface area (Å²) in [5.74, 6) is 6.95. The van der Waals surface area contributed by atoms with Crippen LogP contribution in [0.25, 0.3) is 0 Å². The summed E-state index contributed by atoms with van der Waals surface area (Å²) in [6.07, 6.45) is 4.44. The topological polar surface area (TPSA) is 96.4 Å². The van der Waals surface area contributed by atoms with E-state index in [4.69, 9.17) is 32.5 Å². The number of thiophene rings is 1. The predicted octanol–water partition coefficient (Wildman–Crippen LogP) is 5.45. The third-order valence-corrected chi connectivity index (χ3v) is 7.12. The van der Waals surface area contributed by atoms with Crippen LogP contribution in [0.2, 0.25) is 5.02 Å². The lowest BCUT2D eigenvalue weighted by molar-refractivity contribution is 0.284. The van der Waals surface area contributed by atoms with Gasteiger partial charge in [0.15, 0.2) is 0 Å². The summed E-state index contributed by atoms with van der Waals surface area (Å²) in [7, 11) is 0. The highest BCUT2D eigenvalue weighted by atomic mass is 35.5. The molecule has 0 atom stereocenters. The molecule has 0 amide bonds. The average molecular weight is 504 g/mol. The number of aryl methyl sites for hydroxylation is 1. The molecule has 6 nitrogen and oxygen atoms in total. The summed E-state index contributed by atoms with van der Waals surface area (Å²) in [5.41, 5.74) is 5.35. The van der Waals surface area contributed by atoms with E-state index < -0.39 is 0 Å². The molecule has 1 aliphatic heterocycles. The molecule has 0 saturated carbocycles. The van der Waals surface area contributed by atoms with Crippen molar-refractivity contribution in [3.8, 4) is 11.8 Å². The molecule has 0 bridgehead atoms. The second kappa shape index (κ2) is 11.0. The molecule has 0 spiro atoms. The number of nitrogens with one attached hydrogen (secondary N) is 2. The molecule has 0 unspecified atom stereocenters. The fourth-order valence-electron chi connectivity index (χ4n) is 3.89. The number of hydrogen-bond donors (Lipinski definition) is 3. The Bertz CT molecular complexity index is 1350. The van der Waals surface area contributed by atoms with Crippen LogP contribution in [0.4, 0.5) is 5.00 Å². The number of aromatic nitrogens is 1. The Kier molecular flexibility index (Phi) is 7.76. The van der Waals surface area contributed by atoms with Crippen molar-refractivity contribution in [3.63, 3.8) is 0 Å². The Balaban J connectivity index is 1.73. The van der Waals surface area contributed by atoms with Gasteiger partial charge < -0.3 is 5.11 Å². The van der Waals surface area contributed by atoms with Crippen molar-refractivity contribution >= 4 is 45.3 Å². The van der Waals surface area contributed by atoms with Crippen LogP contribution in [-0.4, -0.2) is 40.6 Å². The standard InChI is InChI=1S/C27H26ClN5OS/c1-17-23(13-12-22-11-6-19(15-31-22)5-3-4-14-34)35-27-25(17)26(20-7-9-21(28)10-8-20)32-16-24(30)33(27)18(2)29/h6-11,15,29-30,34H,3-5,14,16H2,1-2H3. The third-order valence-electron chi connectivity index (χ3n) is 5.68. The normalized spacial score (nSPS) is 13.0. The lowest BCUT2D eigenvalue weighted by Crippen LogP contribution is -2.35. The number of unbranched alkanes of at least 4 members (excludes halogenated alkanes) is 1. The minimum atomic E-state index is 0.185. The Hall–Kier alpha value is -3.31. The molecular formula is C27H26ClN5OS. The van der Waals surface area contributed by atoms with Crippen LogP contribution in [0.5, 0.6) is 0 Å². The number of aliphatic imine (C=N–C) groups is 1. The van der Waals surface area contributed by atoms with Crippen LogP contribution >= 0.6 is 22.9 Å². The highest BCUT2D eigenvalue weighted by Gasteiger charge is 2.29. The minimum Gasteiger partial charge on any atom is -0.396 e. The van der Waals surface area contributed by atoms with Gasteiger partial charge in [-0.05, 0) is 74.3 Å². The largest absolute Gasteiger partial charge is 0.396 e. The Morgan fingerprint density at radius 3 is 2.60 bits per heavy atom. The van der Waals surface area contributed by atoms with Gasteiger partial charge in [-0.3, -0.25) is 20.7 Å². The zero-order valence-electron chi connectivity index (χ0n) is 19.7. The zero-order chi connectivity index (χ0) is 24.9. The van der Waals surface area contributed by atoms with Crippen LogP contribution in [0, 0.1) is 29.6 Å². The quantitative estimate of drug-likeness (QED) is 0.187. The van der Waals surface area contributed by atoms with Crippen LogP contribution in [-0.2, 0) is 6.42 Å². The van der Waals surface area contributed by atoms with Crippen LogP contribution < -0.4 is 4.90 Å². The maximum atomic E-state index is 8.95. The number of fused-ring (bicyclic) bond motifs is 1. The first kappa shape index (κ1) is 24.8. The van der Waals surface area contributed by atoms with Crippen molar-refractivity contribution in [3.05, 3.63) is 80.4 Å². The Labute approximate surface area is 214 Å². The lowest BCUT2D eigenvalue weighted by Gasteiger charge is -2.20. The number of aliphatic hydroxyl groups excluding tert-OH is 1. The summed E-state index contributed by atoms with van der Waals surface area (Å²) in [4.78, 5) is 11.7. The summed E-state index contributed by atoms with van der Waals surface area (Å²) < 4.78 is 0. The van der Waals surface area contributed by atoms with Crippen molar-refractivity contribution in [2.75, 3.05) is 18.1 Å². The molecule has 178 valence electrons.